The van der Waals surface area contributed by atoms with Gasteiger partial charge in [-0.05, 0) is 43.3 Å². The van der Waals surface area contributed by atoms with Gasteiger partial charge in [0.05, 0.1) is 30.2 Å². The maximum absolute atomic E-state index is 12.3. The van der Waals surface area contributed by atoms with Crippen molar-refractivity contribution in [2.24, 2.45) is 0 Å². The topological polar surface area (TPSA) is 80.3 Å². The second-order valence-corrected chi connectivity index (χ2v) is 5.92. The highest BCUT2D eigenvalue weighted by Crippen LogP contribution is 2.21. The summed E-state index contributed by atoms with van der Waals surface area (Å²) in [6.45, 7) is 1.94. The van der Waals surface area contributed by atoms with Gasteiger partial charge in [0.25, 0.3) is 5.91 Å². The summed E-state index contributed by atoms with van der Waals surface area (Å²) < 4.78 is 4.78. The first-order chi connectivity index (χ1) is 13.1. The molecule has 3 rings (SSSR count). The fraction of sp³-hybridized carbons (Fsp3) is 0.0952. The minimum Gasteiger partial charge on any atom is -0.465 e. The van der Waals surface area contributed by atoms with Gasteiger partial charge >= 0.3 is 5.97 Å². The van der Waals surface area contributed by atoms with Gasteiger partial charge in [-0.25, -0.2) is 9.78 Å². The van der Waals surface area contributed by atoms with Gasteiger partial charge in [-0.2, -0.15) is 0 Å². The number of nitrogens with one attached hydrogen (secondary N) is 2. The molecular formula is C21H19N3O3. The second-order valence-electron chi connectivity index (χ2n) is 5.92. The first kappa shape index (κ1) is 18.1. The van der Waals surface area contributed by atoms with Crippen LogP contribution in [-0.2, 0) is 4.74 Å². The van der Waals surface area contributed by atoms with Crippen LogP contribution in [0.25, 0.3) is 0 Å². The van der Waals surface area contributed by atoms with Gasteiger partial charge in [-0.15, -0.1) is 0 Å². The lowest BCUT2D eigenvalue weighted by Gasteiger charge is -2.11. The number of benzene rings is 2. The summed E-state index contributed by atoms with van der Waals surface area (Å²) in [5.74, 6) is -0.0858. The summed E-state index contributed by atoms with van der Waals surface area (Å²) in [5.41, 5.74) is 3.19. The van der Waals surface area contributed by atoms with E-state index < -0.39 is 5.97 Å². The fourth-order valence-corrected chi connectivity index (χ4v) is 2.55. The average Bonchev–Trinajstić information content (AvgIpc) is 2.69. The number of hydrogen-bond donors (Lipinski definition) is 2. The van der Waals surface area contributed by atoms with Crippen molar-refractivity contribution in [2.45, 2.75) is 6.92 Å². The lowest BCUT2D eigenvalue weighted by Crippen LogP contribution is -2.12. The number of esters is 1. The lowest BCUT2D eigenvalue weighted by atomic mass is 10.1. The Hall–Kier alpha value is -3.67. The molecule has 0 aliphatic heterocycles. The summed E-state index contributed by atoms with van der Waals surface area (Å²) in [6, 6.07) is 17.8. The van der Waals surface area contributed by atoms with Crippen LogP contribution in [0.15, 0.2) is 66.9 Å². The Morgan fingerprint density at radius 1 is 1.00 bits per heavy atom. The van der Waals surface area contributed by atoms with Crippen LogP contribution >= 0.6 is 0 Å². The molecule has 0 saturated heterocycles. The largest absolute Gasteiger partial charge is 0.465 e. The van der Waals surface area contributed by atoms with Crippen LogP contribution in [0.4, 0.5) is 17.2 Å². The van der Waals surface area contributed by atoms with Gasteiger partial charge in [0.1, 0.15) is 5.82 Å². The zero-order valence-corrected chi connectivity index (χ0v) is 15.0. The van der Waals surface area contributed by atoms with Crippen molar-refractivity contribution in [1.29, 1.82) is 0 Å². The maximum Gasteiger partial charge on any atom is 0.339 e. The standard InChI is InChI=1S/C21H19N3O3/c1-14-6-5-7-15(12-14)20(25)23-16-10-11-19(22-13-16)24-18-9-4-3-8-17(18)21(26)27-2/h3-13H,1-2H3,(H,22,24)(H,23,25). The average molecular weight is 361 g/mol. The number of hydrogen-bond acceptors (Lipinski definition) is 5. The van der Waals surface area contributed by atoms with Gasteiger partial charge in [0, 0.05) is 5.56 Å². The molecule has 0 bridgehead atoms. The third-order valence-electron chi connectivity index (χ3n) is 3.90. The monoisotopic (exact) mass is 361 g/mol. The first-order valence-corrected chi connectivity index (χ1v) is 8.35. The Bertz CT molecular complexity index is 968. The number of carbonyl (C=O) groups is 2. The summed E-state index contributed by atoms with van der Waals surface area (Å²) >= 11 is 0. The summed E-state index contributed by atoms with van der Waals surface area (Å²) in [4.78, 5) is 28.4. The number of aromatic nitrogens is 1. The molecule has 0 radical (unpaired) electrons. The van der Waals surface area contributed by atoms with Crippen LogP contribution in [0.3, 0.4) is 0 Å². The zero-order valence-electron chi connectivity index (χ0n) is 15.0. The summed E-state index contributed by atoms with van der Waals surface area (Å²) in [5, 5.41) is 5.89. The van der Waals surface area contributed by atoms with E-state index in [2.05, 4.69) is 15.6 Å². The molecule has 0 saturated carbocycles. The smallest absolute Gasteiger partial charge is 0.339 e. The second kappa shape index (κ2) is 8.14. The van der Waals surface area contributed by atoms with Crippen molar-refractivity contribution in [2.75, 3.05) is 17.7 Å². The number of aryl methyl sites for hydroxylation is 1. The van der Waals surface area contributed by atoms with E-state index in [1.807, 2.05) is 31.2 Å². The molecule has 0 aliphatic rings. The predicted octanol–water partition coefficient (Wildman–Crippen LogP) is 4.17. The minimum absolute atomic E-state index is 0.197. The van der Waals surface area contributed by atoms with E-state index in [9.17, 15) is 9.59 Å². The third-order valence-corrected chi connectivity index (χ3v) is 3.90. The molecule has 27 heavy (non-hydrogen) atoms. The Balaban J connectivity index is 1.71. The number of para-hydroxylation sites is 1. The Kier molecular flexibility index (Phi) is 5.47. The van der Waals surface area contributed by atoms with Crippen molar-refractivity contribution in [3.05, 3.63) is 83.6 Å². The minimum atomic E-state index is -0.430. The molecule has 6 heteroatoms. The molecule has 2 N–H and O–H groups in total. The summed E-state index contributed by atoms with van der Waals surface area (Å²) in [6.07, 6.45) is 1.55. The van der Waals surface area contributed by atoms with Crippen molar-refractivity contribution in [1.82, 2.24) is 4.98 Å². The van der Waals surface area contributed by atoms with Gasteiger partial charge in [0.15, 0.2) is 0 Å². The molecule has 1 aromatic heterocycles. The van der Waals surface area contributed by atoms with Crippen LogP contribution < -0.4 is 10.6 Å². The van der Waals surface area contributed by atoms with Crippen LogP contribution in [0, 0.1) is 6.92 Å². The number of amides is 1. The van der Waals surface area contributed by atoms with E-state index in [0.29, 0.717) is 28.3 Å². The number of rotatable bonds is 5. The zero-order chi connectivity index (χ0) is 19.2. The number of anilines is 3. The highest BCUT2D eigenvalue weighted by molar-refractivity contribution is 6.04. The molecule has 0 atom stereocenters. The molecule has 0 spiro atoms. The van der Waals surface area contributed by atoms with Crippen molar-refractivity contribution in [3.8, 4) is 0 Å². The first-order valence-electron chi connectivity index (χ1n) is 8.35. The van der Waals surface area contributed by atoms with E-state index >= 15 is 0 Å². The van der Waals surface area contributed by atoms with Crippen LogP contribution in [0.1, 0.15) is 26.3 Å². The molecule has 0 fully saturated rings. The van der Waals surface area contributed by atoms with E-state index in [0.717, 1.165) is 5.56 Å². The van der Waals surface area contributed by atoms with E-state index in [1.165, 1.54) is 7.11 Å². The number of methoxy groups -OCH3 is 1. The number of carbonyl (C=O) groups excluding carboxylic acids is 2. The lowest BCUT2D eigenvalue weighted by molar-refractivity contribution is 0.0601. The molecule has 0 aliphatic carbocycles. The molecule has 1 heterocycles. The van der Waals surface area contributed by atoms with Gasteiger partial charge < -0.3 is 15.4 Å². The SMILES string of the molecule is COC(=O)c1ccccc1Nc1ccc(NC(=O)c2cccc(C)c2)cn1. The Labute approximate surface area is 157 Å². The Morgan fingerprint density at radius 2 is 1.81 bits per heavy atom. The highest BCUT2D eigenvalue weighted by atomic mass is 16.5. The number of pyridine rings is 1. The van der Waals surface area contributed by atoms with Crippen molar-refractivity contribution in [3.63, 3.8) is 0 Å². The molecule has 2 aromatic carbocycles. The highest BCUT2D eigenvalue weighted by Gasteiger charge is 2.11. The molecule has 1 amide bonds. The van der Waals surface area contributed by atoms with Crippen LogP contribution in [-0.4, -0.2) is 24.0 Å². The normalized spacial score (nSPS) is 10.1. The molecule has 6 nitrogen and oxygen atoms in total. The maximum atomic E-state index is 12.3. The van der Waals surface area contributed by atoms with Crippen molar-refractivity contribution >= 4 is 29.1 Å². The quantitative estimate of drug-likeness (QED) is 0.667. The van der Waals surface area contributed by atoms with Gasteiger partial charge in [-0.1, -0.05) is 29.8 Å². The van der Waals surface area contributed by atoms with Crippen LogP contribution in [0.5, 0.6) is 0 Å². The number of ether oxygens (including phenoxy) is 1. The summed E-state index contributed by atoms with van der Waals surface area (Å²) in [7, 11) is 1.34. The van der Waals surface area contributed by atoms with Gasteiger partial charge in [-0.3, -0.25) is 4.79 Å². The fourth-order valence-electron chi connectivity index (χ4n) is 2.55. The van der Waals surface area contributed by atoms with E-state index in [1.54, 1.807) is 42.6 Å². The van der Waals surface area contributed by atoms with Gasteiger partial charge in [0.2, 0.25) is 0 Å². The molecule has 136 valence electrons. The third kappa shape index (κ3) is 4.49. The Morgan fingerprint density at radius 3 is 2.52 bits per heavy atom. The molecule has 3 aromatic rings. The van der Waals surface area contributed by atoms with Crippen LogP contribution in [0.2, 0.25) is 0 Å². The van der Waals surface area contributed by atoms with E-state index in [4.69, 9.17) is 4.74 Å². The van der Waals surface area contributed by atoms with E-state index in [-0.39, 0.29) is 5.91 Å². The number of nitrogens with zero attached hydrogens (tertiary/aromatic N) is 1. The molecular weight excluding hydrogens is 342 g/mol. The molecule has 0 unspecified atom stereocenters. The van der Waals surface area contributed by atoms with Crippen molar-refractivity contribution < 1.29 is 14.3 Å². The predicted molar refractivity (Wildman–Crippen MR) is 104 cm³/mol.